The summed E-state index contributed by atoms with van der Waals surface area (Å²) in [6, 6.07) is 6.08. The van der Waals surface area contributed by atoms with Crippen molar-refractivity contribution in [2.75, 3.05) is 13.9 Å². The predicted molar refractivity (Wildman–Crippen MR) is 56.0 cm³/mol. The Morgan fingerprint density at radius 2 is 2.15 bits per heavy atom. The molecule has 0 bridgehead atoms. The van der Waals surface area contributed by atoms with Crippen molar-refractivity contribution in [2.24, 2.45) is 0 Å². The van der Waals surface area contributed by atoms with Crippen molar-refractivity contribution in [3.63, 3.8) is 0 Å². The van der Waals surface area contributed by atoms with Gasteiger partial charge in [0.15, 0.2) is 6.79 Å². The third-order valence-corrected chi connectivity index (χ3v) is 2.39. The van der Waals surface area contributed by atoms with Gasteiger partial charge in [-0.25, -0.2) is 0 Å². The van der Waals surface area contributed by atoms with E-state index in [1.807, 2.05) is 12.1 Å². The maximum Gasteiger partial charge on any atom is 0.188 e. The quantitative estimate of drug-likeness (QED) is 0.759. The zero-order valence-electron chi connectivity index (χ0n) is 7.84. The summed E-state index contributed by atoms with van der Waals surface area (Å²) in [5.41, 5.74) is 1.26. The first-order valence-corrected chi connectivity index (χ1v) is 4.97. The fourth-order valence-corrected chi connectivity index (χ4v) is 1.36. The van der Waals surface area contributed by atoms with Crippen molar-refractivity contribution in [3.05, 3.63) is 28.2 Å². The fourth-order valence-electron chi connectivity index (χ4n) is 1.00. The monoisotopic (exact) mass is 244 g/mol. The Kier molecular flexibility index (Phi) is 4.25. The van der Waals surface area contributed by atoms with Crippen LogP contribution in [0, 0.1) is 0 Å². The maximum atomic E-state index is 5.36. The van der Waals surface area contributed by atoms with Crippen LogP contribution in [0.2, 0.25) is 0 Å². The number of ether oxygens (including phenoxy) is 2. The van der Waals surface area contributed by atoms with E-state index in [0.717, 1.165) is 16.6 Å². The molecule has 0 aromatic heterocycles. The van der Waals surface area contributed by atoms with Gasteiger partial charge in [-0.05, 0) is 40.0 Å². The average Bonchev–Trinajstić information content (AvgIpc) is 2.17. The van der Waals surface area contributed by atoms with E-state index >= 15 is 0 Å². The number of halogens is 1. The SMILES string of the molecule is CCc1ccc(Br)c(OCOC)c1. The Morgan fingerprint density at radius 3 is 2.77 bits per heavy atom. The van der Waals surface area contributed by atoms with Gasteiger partial charge in [0.2, 0.25) is 0 Å². The number of hydrogen-bond acceptors (Lipinski definition) is 2. The molecule has 0 radical (unpaired) electrons. The Morgan fingerprint density at radius 1 is 1.38 bits per heavy atom. The molecule has 1 aromatic rings. The molecule has 0 aliphatic rings. The first-order chi connectivity index (χ1) is 6.27. The summed E-state index contributed by atoms with van der Waals surface area (Å²) in [6.07, 6.45) is 1.01. The van der Waals surface area contributed by atoms with Gasteiger partial charge in [-0.15, -0.1) is 0 Å². The van der Waals surface area contributed by atoms with Gasteiger partial charge in [0.05, 0.1) is 4.47 Å². The topological polar surface area (TPSA) is 18.5 Å². The molecular formula is C10H13BrO2. The molecule has 0 atom stereocenters. The summed E-state index contributed by atoms with van der Waals surface area (Å²) in [6.45, 7) is 2.40. The molecular weight excluding hydrogens is 232 g/mol. The third-order valence-electron chi connectivity index (χ3n) is 1.74. The molecule has 13 heavy (non-hydrogen) atoms. The van der Waals surface area contributed by atoms with E-state index in [1.54, 1.807) is 7.11 Å². The second kappa shape index (κ2) is 5.25. The number of hydrogen-bond donors (Lipinski definition) is 0. The number of aryl methyl sites for hydroxylation is 1. The van der Waals surface area contributed by atoms with Crippen LogP contribution in [-0.2, 0) is 11.2 Å². The van der Waals surface area contributed by atoms with E-state index < -0.39 is 0 Å². The first kappa shape index (κ1) is 10.5. The van der Waals surface area contributed by atoms with Gasteiger partial charge in [-0.1, -0.05) is 13.0 Å². The predicted octanol–water partition coefficient (Wildman–Crippen LogP) is 2.99. The van der Waals surface area contributed by atoms with E-state index in [9.17, 15) is 0 Å². The lowest BCUT2D eigenvalue weighted by atomic mass is 10.2. The smallest absolute Gasteiger partial charge is 0.188 e. The minimum atomic E-state index is 0.283. The van der Waals surface area contributed by atoms with Crippen LogP contribution in [0.3, 0.4) is 0 Å². The van der Waals surface area contributed by atoms with E-state index in [4.69, 9.17) is 9.47 Å². The Labute approximate surface area is 87.0 Å². The standard InChI is InChI=1S/C10H13BrO2/c1-3-8-4-5-9(11)10(6-8)13-7-12-2/h4-6H,3,7H2,1-2H3. The Hall–Kier alpha value is -0.540. The lowest BCUT2D eigenvalue weighted by molar-refractivity contribution is 0.0505. The van der Waals surface area contributed by atoms with E-state index in [1.165, 1.54) is 5.56 Å². The molecule has 0 aliphatic heterocycles. The van der Waals surface area contributed by atoms with Crippen molar-refractivity contribution in [2.45, 2.75) is 13.3 Å². The van der Waals surface area contributed by atoms with Crippen LogP contribution < -0.4 is 4.74 Å². The van der Waals surface area contributed by atoms with Gasteiger partial charge in [0, 0.05) is 7.11 Å². The molecule has 2 nitrogen and oxygen atoms in total. The second-order valence-electron chi connectivity index (χ2n) is 2.67. The van der Waals surface area contributed by atoms with Crippen LogP contribution in [0.25, 0.3) is 0 Å². The van der Waals surface area contributed by atoms with Crippen molar-refractivity contribution in [1.82, 2.24) is 0 Å². The van der Waals surface area contributed by atoms with Gasteiger partial charge < -0.3 is 9.47 Å². The van der Waals surface area contributed by atoms with E-state index in [2.05, 4.69) is 28.9 Å². The summed E-state index contributed by atoms with van der Waals surface area (Å²) in [5, 5.41) is 0. The Bertz CT molecular complexity index is 274. The minimum absolute atomic E-state index is 0.283. The maximum absolute atomic E-state index is 5.36. The van der Waals surface area contributed by atoms with Crippen molar-refractivity contribution >= 4 is 15.9 Å². The second-order valence-corrected chi connectivity index (χ2v) is 3.52. The molecule has 1 aromatic carbocycles. The van der Waals surface area contributed by atoms with Gasteiger partial charge in [0.25, 0.3) is 0 Å². The molecule has 3 heteroatoms. The number of methoxy groups -OCH3 is 1. The molecule has 0 saturated heterocycles. The van der Waals surface area contributed by atoms with E-state index in [0.29, 0.717) is 0 Å². The largest absolute Gasteiger partial charge is 0.466 e. The number of benzene rings is 1. The summed E-state index contributed by atoms with van der Waals surface area (Å²) in [5.74, 6) is 0.834. The lowest BCUT2D eigenvalue weighted by Crippen LogP contribution is -1.99. The highest BCUT2D eigenvalue weighted by molar-refractivity contribution is 9.10. The van der Waals surface area contributed by atoms with Gasteiger partial charge in [0.1, 0.15) is 5.75 Å². The molecule has 0 unspecified atom stereocenters. The van der Waals surface area contributed by atoms with Gasteiger partial charge in [-0.2, -0.15) is 0 Å². The third kappa shape index (κ3) is 3.01. The zero-order valence-corrected chi connectivity index (χ0v) is 9.43. The first-order valence-electron chi connectivity index (χ1n) is 4.18. The summed E-state index contributed by atoms with van der Waals surface area (Å²) >= 11 is 3.41. The molecule has 0 aliphatic carbocycles. The highest BCUT2D eigenvalue weighted by Crippen LogP contribution is 2.26. The zero-order chi connectivity index (χ0) is 9.68. The Balaban J connectivity index is 2.78. The molecule has 72 valence electrons. The van der Waals surface area contributed by atoms with Crippen LogP contribution in [0.15, 0.2) is 22.7 Å². The number of rotatable bonds is 4. The summed E-state index contributed by atoms with van der Waals surface area (Å²) < 4.78 is 11.2. The van der Waals surface area contributed by atoms with Gasteiger partial charge >= 0.3 is 0 Å². The van der Waals surface area contributed by atoms with Crippen LogP contribution in [0.1, 0.15) is 12.5 Å². The molecule has 0 fully saturated rings. The van der Waals surface area contributed by atoms with Crippen molar-refractivity contribution < 1.29 is 9.47 Å². The summed E-state index contributed by atoms with van der Waals surface area (Å²) in [4.78, 5) is 0. The van der Waals surface area contributed by atoms with Crippen LogP contribution in [-0.4, -0.2) is 13.9 Å². The fraction of sp³-hybridized carbons (Fsp3) is 0.400. The highest BCUT2D eigenvalue weighted by atomic mass is 79.9. The molecule has 0 N–H and O–H groups in total. The minimum Gasteiger partial charge on any atom is -0.466 e. The van der Waals surface area contributed by atoms with Gasteiger partial charge in [-0.3, -0.25) is 0 Å². The van der Waals surface area contributed by atoms with Crippen LogP contribution >= 0.6 is 15.9 Å². The average molecular weight is 245 g/mol. The molecule has 0 heterocycles. The highest BCUT2D eigenvalue weighted by Gasteiger charge is 2.01. The lowest BCUT2D eigenvalue weighted by Gasteiger charge is -2.08. The van der Waals surface area contributed by atoms with Crippen molar-refractivity contribution in [3.8, 4) is 5.75 Å². The molecule has 0 spiro atoms. The van der Waals surface area contributed by atoms with Crippen LogP contribution in [0.5, 0.6) is 5.75 Å². The van der Waals surface area contributed by atoms with E-state index in [-0.39, 0.29) is 6.79 Å². The molecule has 0 saturated carbocycles. The summed E-state index contributed by atoms with van der Waals surface area (Å²) in [7, 11) is 1.61. The van der Waals surface area contributed by atoms with Crippen LogP contribution in [0.4, 0.5) is 0 Å². The van der Waals surface area contributed by atoms with Crippen molar-refractivity contribution in [1.29, 1.82) is 0 Å². The molecule has 1 rings (SSSR count). The normalized spacial score (nSPS) is 10.1. The molecule has 0 amide bonds.